The van der Waals surface area contributed by atoms with E-state index in [1.54, 1.807) is 7.11 Å². The first-order chi connectivity index (χ1) is 20.5. The minimum atomic E-state index is -0.291. The topological polar surface area (TPSA) is 40.2 Å². The number of benzene rings is 3. The molecule has 224 valence electrons. The summed E-state index contributed by atoms with van der Waals surface area (Å²) in [6.07, 6.45) is 11.9. The summed E-state index contributed by atoms with van der Waals surface area (Å²) in [4.78, 5) is 2.45. The van der Waals surface area contributed by atoms with Crippen molar-refractivity contribution >= 4 is 10.8 Å². The van der Waals surface area contributed by atoms with Gasteiger partial charge in [0.1, 0.15) is 17.7 Å². The van der Waals surface area contributed by atoms with Gasteiger partial charge in [0.25, 0.3) is 0 Å². The van der Waals surface area contributed by atoms with E-state index >= 15 is 0 Å². The van der Waals surface area contributed by atoms with Crippen LogP contribution in [-0.4, -0.2) is 44.4 Å². The van der Waals surface area contributed by atoms with Gasteiger partial charge in [-0.25, -0.2) is 0 Å². The van der Waals surface area contributed by atoms with Crippen LogP contribution in [-0.2, 0) is 14.9 Å². The number of methoxy groups -OCH3 is 1. The molecule has 0 amide bonds. The largest absolute Gasteiger partial charge is 0.475 e. The highest BCUT2D eigenvalue weighted by Gasteiger charge is 2.52. The van der Waals surface area contributed by atoms with Gasteiger partial charge >= 0.3 is 0 Å². The van der Waals surface area contributed by atoms with Crippen LogP contribution >= 0.6 is 0 Å². The standard InChI is InChI=1S/C37H47NO4/c1-25(38-13-5-4-6-14-38)42-34-11-9-30(10-12-34)31-7-8-32-20-36(41-24-40-26(2)39-3)35(19-33(32)18-31)37-21-27-15-28(22-37)17-29(16-27)23-37/h7-12,18-20,25-29H,4-6,13-17,21-24H2,1-3H3. The average molecular weight is 570 g/mol. The van der Waals surface area contributed by atoms with E-state index in [1.165, 1.54) is 85.3 Å². The first-order valence-corrected chi connectivity index (χ1v) is 16.3. The van der Waals surface area contributed by atoms with Gasteiger partial charge in [0, 0.05) is 25.8 Å². The van der Waals surface area contributed by atoms with E-state index < -0.39 is 0 Å². The number of hydrogen-bond donors (Lipinski definition) is 0. The van der Waals surface area contributed by atoms with Crippen molar-refractivity contribution in [2.45, 2.75) is 89.6 Å². The fourth-order valence-electron chi connectivity index (χ4n) is 8.97. The Bertz CT molecular complexity index is 1340. The lowest BCUT2D eigenvalue weighted by atomic mass is 9.48. The van der Waals surface area contributed by atoms with Crippen molar-refractivity contribution in [3.8, 4) is 22.6 Å². The Hall–Kier alpha value is -2.60. The zero-order chi connectivity index (χ0) is 28.7. The van der Waals surface area contributed by atoms with Crippen molar-refractivity contribution in [2.75, 3.05) is 27.0 Å². The number of ether oxygens (including phenoxy) is 4. The lowest BCUT2D eigenvalue weighted by Gasteiger charge is -2.57. The Kier molecular flexibility index (Phi) is 7.94. The lowest BCUT2D eigenvalue weighted by Crippen LogP contribution is -2.48. The molecule has 0 spiro atoms. The molecule has 8 rings (SSSR count). The molecule has 5 fully saturated rings. The number of fused-ring (bicyclic) bond motifs is 1. The van der Waals surface area contributed by atoms with Gasteiger partial charge in [-0.1, -0.05) is 30.7 Å². The molecule has 1 aliphatic heterocycles. The van der Waals surface area contributed by atoms with Gasteiger partial charge in [-0.2, -0.15) is 0 Å². The Labute approximate surface area is 251 Å². The van der Waals surface area contributed by atoms with Crippen LogP contribution < -0.4 is 9.47 Å². The van der Waals surface area contributed by atoms with Gasteiger partial charge in [0.15, 0.2) is 13.1 Å². The van der Waals surface area contributed by atoms with Crippen molar-refractivity contribution < 1.29 is 18.9 Å². The highest BCUT2D eigenvalue weighted by molar-refractivity contribution is 5.89. The van der Waals surface area contributed by atoms with Crippen LogP contribution in [0.4, 0.5) is 0 Å². The van der Waals surface area contributed by atoms with Crippen LogP contribution in [0.1, 0.15) is 77.2 Å². The van der Waals surface area contributed by atoms with Crippen LogP contribution in [0.2, 0.25) is 0 Å². The molecule has 4 aliphatic carbocycles. The molecule has 2 atom stereocenters. The minimum absolute atomic E-state index is 0.111. The molecule has 42 heavy (non-hydrogen) atoms. The molecule has 4 saturated carbocycles. The van der Waals surface area contributed by atoms with Gasteiger partial charge in [0.05, 0.1) is 0 Å². The van der Waals surface area contributed by atoms with E-state index in [2.05, 4.69) is 66.4 Å². The predicted octanol–water partition coefficient (Wildman–Crippen LogP) is 8.53. The highest BCUT2D eigenvalue weighted by Crippen LogP contribution is 2.62. The van der Waals surface area contributed by atoms with E-state index in [4.69, 9.17) is 18.9 Å². The van der Waals surface area contributed by atoms with Crippen LogP contribution in [0.15, 0.2) is 54.6 Å². The molecule has 0 N–H and O–H groups in total. The van der Waals surface area contributed by atoms with E-state index in [0.717, 1.165) is 42.3 Å². The van der Waals surface area contributed by atoms with Crippen molar-refractivity contribution in [1.29, 1.82) is 0 Å². The maximum atomic E-state index is 6.39. The third-order valence-electron chi connectivity index (χ3n) is 10.8. The molecule has 5 aliphatic rings. The Balaban J connectivity index is 1.16. The van der Waals surface area contributed by atoms with Crippen LogP contribution in [0.5, 0.6) is 11.5 Å². The zero-order valence-electron chi connectivity index (χ0n) is 25.6. The second-order valence-corrected chi connectivity index (χ2v) is 13.7. The highest BCUT2D eigenvalue weighted by atomic mass is 16.7. The molecule has 0 radical (unpaired) electrons. The fourth-order valence-corrected chi connectivity index (χ4v) is 8.97. The maximum absolute atomic E-state index is 6.39. The monoisotopic (exact) mass is 569 g/mol. The summed E-state index contributed by atoms with van der Waals surface area (Å²) < 4.78 is 23.8. The number of likely N-dealkylation sites (tertiary alicyclic amines) is 1. The van der Waals surface area contributed by atoms with E-state index in [0.29, 0.717) is 0 Å². The van der Waals surface area contributed by atoms with Gasteiger partial charge in [-0.15, -0.1) is 0 Å². The molecule has 2 unspecified atom stereocenters. The minimum Gasteiger partial charge on any atom is -0.475 e. The average Bonchev–Trinajstić information content (AvgIpc) is 3.00. The first kappa shape index (κ1) is 28.2. The summed E-state index contributed by atoms with van der Waals surface area (Å²) in [7, 11) is 1.66. The normalized spacial score (nSPS) is 28.6. The Morgan fingerprint density at radius 2 is 1.45 bits per heavy atom. The van der Waals surface area contributed by atoms with Gasteiger partial charge < -0.3 is 18.9 Å². The zero-order valence-corrected chi connectivity index (χ0v) is 25.6. The smallest absolute Gasteiger partial charge is 0.191 e. The quantitative estimate of drug-likeness (QED) is 0.229. The van der Waals surface area contributed by atoms with E-state index in [1.807, 2.05) is 6.92 Å². The van der Waals surface area contributed by atoms with Crippen LogP contribution in [0.25, 0.3) is 21.9 Å². The molecular weight excluding hydrogens is 522 g/mol. The molecule has 1 heterocycles. The Morgan fingerprint density at radius 1 is 0.786 bits per heavy atom. The van der Waals surface area contributed by atoms with E-state index in [9.17, 15) is 0 Å². The van der Waals surface area contributed by atoms with Crippen LogP contribution in [0, 0.1) is 17.8 Å². The second kappa shape index (κ2) is 11.8. The molecule has 5 heteroatoms. The summed E-state index contributed by atoms with van der Waals surface area (Å²) in [5, 5.41) is 2.49. The molecule has 4 bridgehead atoms. The summed E-state index contributed by atoms with van der Waals surface area (Å²) in [6, 6.07) is 20.2. The van der Waals surface area contributed by atoms with Crippen molar-refractivity contribution in [3.05, 3.63) is 60.2 Å². The second-order valence-electron chi connectivity index (χ2n) is 13.7. The lowest BCUT2D eigenvalue weighted by molar-refractivity contribution is -0.150. The third-order valence-corrected chi connectivity index (χ3v) is 10.8. The summed E-state index contributed by atoms with van der Waals surface area (Å²) in [6.45, 7) is 6.54. The maximum Gasteiger partial charge on any atom is 0.191 e. The third kappa shape index (κ3) is 5.68. The summed E-state index contributed by atoms with van der Waals surface area (Å²) in [5.41, 5.74) is 4.08. The summed E-state index contributed by atoms with van der Waals surface area (Å²) in [5.74, 6) is 4.54. The number of hydrogen-bond acceptors (Lipinski definition) is 5. The first-order valence-electron chi connectivity index (χ1n) is 16.3. The Morgan fingerprint density at radius 3 is 2.12 bits per heavy atom. The molecule has 3 aromatic carbocycles. The summed E-state index contributed by atoms with van der Waals surface area (Å²) >= 11 is 0. The molecule has 0 aromatic heterocycles. The molecule has 3 aromatic rings. The fraction of sp³-hybridized carbons (Fsp3) is 0.568. The molecule has 5 nitrogen and oxygen atoms in total. The number of rotatable bonds is 10. The SMILES string of the molecule is COC(C)OCOc1cc2ccc(-c3ccc(OC(C)N4CCCCC4)cc3)cc2cc1C12CC3CC(CC(C3)C1)C2. The number of nitrogens with zero attached hydrogens (tertiary/aromatic N) is 1. The van der Waals surface area contributed by atoms with Crippen LogP contribution in [0.3, 0.4) is 0 Å². The van der Waals surface area contributed by atoms with Gasteiger partial charge in [-0.05, 0) is 141 Å². The van der Waals surface area contributed by atoms with Crippen molar-refractivity contribution in [3.63, 3.8) is 0 Å². The molecular formula is C37H47NO4. The van der Waals surface area contributed by atoms with Gasteiger partial charge in [-0.3, -0.25) is 4.90 Å². The predicted molar refractivity (Wildman–Crippen MR) is 168 cm³/mol. The van der Waals surface area contributed by atoms with Crippen molar-refractivity contribution in [2.24, 2.45) is 17.8 Å². The van der Waals surface area contributed by atoms with Crippen molar-refractivity contribution in [1.82, 2.24) is 4.90 Å². The molecule has 1 saturated heterocycles. The van der Waals surface area contributed by atoms with E-state index in [-0.39, 0.29) is 24.7 Å². The van der Waals surface area contributed by atoms with Gasteiger partial charge in [0.2, 0.25) is 0 Å². The number of piperidine rings is 1.